The molecule has 0 unspecified atom stereocenters. The van der Waals surface area contributed by atoms with E-state index in [0.717, 1.165) is 31.6 Å². The van der Waals surface area contributed by atoms with E-state index in [-0.39, 0.29) is 30.3 Å². The first-order valence-corrected chi connectivity index (χ1v) is 9.45. The molecule has 1 saturated carbocycles. The van der Waals surface area contributed by atoms with Gasteiger partial charge in [0, 0.05) is 12.2 Å². The average molecular weight is 365 g/mol. The van der Waals surface area contributed by atoms with Gasteiger partial charge in [-0.25, -0.2) is 4.98 Å². The molecule has 27 heavy (non-hydrogen) atoms. The van der Waals surface area contributed by atoms with Crippen LogP contribution in [0.3, 0.4) is 0 Å². The number of carbonyl (C=O) groups excluding carboxylic acids is 2. The van der Waals surface area contributed by atoms with Crippen molar-refractivity contribution in [2.45, 2.75) is 38.6 Å². The topological polar surface area (TPSA) is 71.5 Å². The molecule has 2 amide bonds. The van der Waals surface area contributed by atoms with Gasteiger partial charge in [0.05, 0.1) is 5.69 Å². The van der Waals surface area contributed by atoms with Crippen molar-refractivity contribution in [3.63, 3.8) is 0 Å². The fraction of sp³-hybridized carbons (Fsp3) is 0.381. The number of benzene rings is 1. The molecule has 1 aliphatic heterocycles. The van der Waals surface area contributed by atoms with Crippen LogP contribution in [0.4, 0.5) is 5.69 Å². The minimum atomic E-state index is -0.282. The molecule has 6 nitrogen and oxygen atoms in total. The number of pyridine rings is 1. The molecule has 4 rings (SSSR count). The van der Waals surface area contributed by atoms with Crippen molar-refractivity contribution in [3.8, 4) is 11.6 Å². The van der Waals surface area contributed by atoms with Crippen molar-refractivity contribution in [2.75, 3.05) is 11.4 Å². The minimum absolute atomic E-state index is 0.0421. The molecular weight excluding hydrogens is 342 g/mol. The van der Waals surface area contributed by atoms with E-state index in [1.165, 1.54) is 4.90 Å². The summed E-state index contributed by atoms with van der Waals surface area (Å²) in [6.45, 7) is 2.20. The number of anilines is 1. The highest BCUT2D eigenvalue weighted by Crippen LogP contribution is 2.37. The summed E-state index contributed by atoms with van der Waals surface area (Å²) in [6, 6.07) is 10.8. The summed E-state index contributed by atoms with van der Waals surface area (Å²) >= 11 is 0. The molecule has 2 aliphatic rings. The first-order chi connectivity index (χ1) is 13.1. The molecule has 1 N–H and O–H groups in total. The van der Waals surface area contributed by atoms with Gasteiger partial charge >= 0.3 is 0 Å². The molecule has 2 aromatic rings. The quantitative estimate of drug-likeness (QED) is 0.903. The van der Waals surface area contributed by atoms with Crippen LogP contribution in [-0.2, 0) is 4.79 Å². The summed E-state index contributed by atoms with van der Waals surface area (Å²) in [5.41, 5.74) is 0.931. The molecular formula is C21H23N3O3. The molecule has 0 saturated heterocycles. The fourth-order valence-electron chi connectivity index (χ4n) is 3.74. The number of rotatable bonds is 3. The maximum atomic E-state index is 13.1. The Kier molecular flexibility index (Phi) is 4.79. The monoisotopic (exact) mass is 365 g/mol. The highest BCUT2D eigenvalue weighted by Gasteiger charge is 2.30. The number of carbonyl (C=O) groups is 2. The number of hydrogen-bond donors (Lipinski definition) is 1. The van der Waals surface area contributed by atoms with Gasteiger partial charge in [0.1, 0.15) is 12.1 Å². The van der Waals surface area contributed by atoms with Crippen molar-refractivity contribution < 1.29 is 14.3 Å². The Morgan fingerprint density at radius 2 is 1.96 bits per heavy atom. The van der Waals surface area contributed by atoms with Crippen LogP contribution >= 0.6 is 0 Å². The molecule has 140 valence electrons. The summed E-state index contributed by atoms with van der Waals surface area (Å²) in [4.78, 5) is 31.4. The summed E-state index contributed by atoms with van der Waals surface area (Å²) < 4.78 is 5.84. The van der Waals surface area contributed by atoms with E-state index in [4.69, 9.17) is 4.74 Å². The van der Waals surface area contributed by atoms with Gasteiger partial charge in [-0.15, -0.1) is 0 Å². The highest BCUT2D eigenvalue weighted by molar-refractivity contribution is 6.11. The zero-order chi connectivity index (χ0) is 18.8. The van der Waals surface area contributed by atoms with Crippen LogP contribution in [0.2, 0.25) is 0 Å². The second-order valence-corrected chi connectivity index (χ2v) is 7.34. The number of para-hydroxylation sites is 2. The van der Waals surface area contributed by atoms with Crippen LogP contribution in [0.5, 0.6) is 11.6 Å². The lowest BCUT2D eigenvalue weighted by Gasteiger charge is -2.28. The van der Waals surface area contributed by atoms with Crippen LogP contribution in [0, 0.1) is 5.92 Å². The van der Waals surface area contributed by atoms with E-state index in [1.807, 2.05) is 12.1 Å². The average Bonchev–Trinajstić information content (AvgIpc) is 2.79. The van der Waals surface area contributed by atoms with Crippen molar-refractivity contribution in [2.24, 2.45) is 5.92 Å². The maximum Gasteiger partial charge on any atom is 0.264 e. The van der Waals surface area contributed by atoms with E-state index >= 15 is 0 Å². The van der Waals surface area contributed by atoms with Gasteiger partial charge in [-0.1, -0.05) is 19.1 Å². The molecule has 1 fully saturated rings. The van der Waals surface area contributed by atoms with Gasteiger partial charge in [-0.2, -0.15) is 0 Å². The third kappa shape index (κ3) is 3.65. The lowest BCUT2D eigenvalue weighted by atomic mass is 9.87. The largest absolute Gasteiger partial charge is 0.436 e. The molecule has 2 heterocycles. The van der Waals surface area contributed by atoms with Gasteiger partial charge in [-0.05, 0) is 55.9 Å². The number of aromatic nitrogens is 1. The Morgan fingerprint density at radius 1 is 1.19 bits per heavy atom. The summed E-state index contributed by atoms with van der Waals surface area (Å²) in [5, 5.41) is 3.09. The number of ether oxygens (including phenoxy) is 1. The van der Waals surface area contributed by atoms with Crippen LogP contribution in [0.1, 0.15) is 43.0 Å². The van der Waals surface area contributed by atoms with Crippen LogP contribution in [0.25, 0.3) is 0 Å². The number of nitrogens with zero attached hydrogens (tertiary/aromatic N) is 2. The third-order valence-electron chi connectivity index (χ3n) is 5.29. The van der Waals surface area contributed by atoms with E-state index in [0.29, 0.717) is 17.0 Å². The molecule has 1 aromatic carbocycles. The molecule has 1 aliphatic carbocycles. The normalized spacial score (nSPS) is 21.5. The van der Waals surface area contributed by atoms with Gasteiger partial charge in [-0.3, -0.25) is 14.5 Å². The van der Waals surface area contributed by atoms with E-state index < -0.39 is 0 Å². The van der Waals surface area contributed by atoms with Crippen molar-refractivity contribution >= 4 is 17.5 Å². The van der Waals surface area contributed by atoms with E-state index in [2.05, 4.69) is 17.2 Å². The number of nitrogens with one attached hydrogen (secondary N) is 1. The summed E-state index contributed by atoms with van der Waals surface area (Å²) in [6.07, 6.45) is 5.83. The summed E-state index contributed by atoms with van der Waals surface area (Å²) in [7, 11) is 0. The SMILES string of the molecule is CC1CCC(NC(=O)CN2C(=O)c3cccnc3Oc3ccccc32)CC1. The van der Waals surface area contributed by atoms with Gasteiger partial charge in [0.2, 0.25) is 11.8 Å². The maximum absolute atomic E-state index is 13.1. The number of amides is 2. The van der Waals surface area contributed by atoms with Gasteiger partial charge in [0.25, 0.3) is 5.91 Å². The zero-order valence-corrected chi connectivity index (χ0v) is 15.4. The zero-order valence-electron chi connectivity index (χ0n) is 15.4. The first-order valence-electron chi connectivity index (χ1n) is 9.45. The number of fused-ring (bicyclic) bond motifs is 2. The molecule has 6 heteroatoms. The second-order valence-electron chi connectivity index (χ2n) is 7.34. The van der Waals surface area contributed by atoms with Gasteiger partial charge in [0.15, 0.2) is 5.75 Å². The predicted octanol–water partition coefficient (Wildman–Crippen LogP) is 3.53. The lowest BCUT2D eigenvalue weighted by molar-refractivity contribution is -0.120. The Balaban J connectivity index is 1.57. The van der Waals surface area contributed by atoms with Gasteiger partial charge < -0.3 is 10.1 Å². The molecule has 0 radical (unpaired) electrons. The van der Waals surface area contributed by atoms with Crippen molar-refractivity contribution in [3.05, 3.63) is 48.2 Å². The first kappa shape index (κ1) is 17.5. The molecule has 1 aromatic heterocycles. The highest BCUT2D eigenvalue weighted by atomic mass is 16.5. The minimum Gasteiger partial charge on any atom is -0.436 e. The Labute approximate surface area is 158 Å². The van der Waals surface area contributed by atoms with E-state index in [1.54, 1.807) is 30.5 Å². The lowest BCUT2D eigenvalue weighted by Crippen LogP contribution is -2.45. The Hall–Kier alpha value is -2.89. The smallest absolute Gasteiger partial charge is 0.264 e. The Morgan fingerprint density at radius 3 is 2.78 bits per heavy atom. The molecule has 0 spiro atoms. The third-order valence-corrected chi connectivity index (χ3v) is 5.29. The molecule has 0 bridgehead atoms. The van der Waals surface area contributed by atoms with Crippen LogP contribution in [-0.4, -0.2) is 29.4 Å². The van der Waals surface area contributed by atoms with Crippen LogP contribution in [0.15, 0.2) is 42.6 Å². The Bertz CT molecular complexity index is 859. The molecule has 0 atom stereocenters. The number of hydrogen-bond acceptors (Lipinski definition) is 4. The van der Waals surface area contributed by atoms with E-state index in [9.17, 15) is 9.59 Å². The van der Waals surface area contributed by atoms with Crippen LogP contribution < -0.4 is 15.0 Å². The predicted molar refractivity (Wildman–Crippen MR) is 102 cm³/mol. The van der Waals surface area contributed by atoms with Crippen molar-refractivity contribution in [1.29, 1.82) is 0 Å². The summed E-state index contributed by atoms with van der Waals surface area (Å²) in [5.74, 6) is 1.07. The second kappa shape index (κ2) is 7.39. The fourth-order valence-corrected chi connectivity index (χ4v) is 3.74. The standard InChI is InChI=1S/C21H23N3O3/c1-14-8-10-15(11-9-14)23-19(25)13-24-17-6-2-3-7-18(17)27-20-16(21(24)26)5-4-12-22-20/h2-7,12,14-15H,8-11,13H2,1H3,(H,23,25). The van der Waals surface area contributed by atoms with Crippen molar-refractivity contribution in [1.82, 2.24) is 10.3 Å².